The first-order chi connectivity index (χ1) is 20.5. The van der Waals surface area contributed by atoms with E-state index in [0.717, 1.165) is 54.6 Å². The van der Waals surface area contributed by atoms with Crippen LogP contribution in [-0.4, -0.2) is 24.9 Å². The van der Waals surface area contributed by atoms with Gasteiger partial charge in [0, 0.05) is 18.8 Å². The molecule has 0 unspecified atom stereocenters. The van der Waals surface area contributed by atoms with Crippen molar-refractivity contribution in [3.8, 4) is 11.1 Å². The third-order valence-electron chi connectivity index (χ3n) is 10.2. The number of hydrogen-bond donors (Lipinski definition) is 1. The first kappa shape index (κ1) is 32.9. The monoisotopic (exact) mass is 576 g/mol. The molecular formula is C39H57FO2. The van der Waals surface area contributed by atoms with Crippen LogP contribution in [0.15, 0.2) is 48.6 Å². The first-order valence-electron chi connectivity index (χ1n) is 17.2. The fourth-order valence-electron chi connectivity index (χ4n) is 7.73. The van der Waals surface area contributed by atoms with Gasteiger partial charge in [0.2, 0.25) is 0 Å². The van der Waals surface area contributed by atoms with Gasteiger partial charge in [-0.25, -0.2) is 4.39 Å². The quantitative estimate of drug-likeness (QED) is 0.159. The van der Waals surface area contributed by atoms with E-state index in [1.807, 2.05) is 19.1 Å². The van der Waals surface area contributed by atoms with Crippen LogP contribution < -0.4 is 0 Å². The molecule has 2 aromatic carbocycles. The van der Waals surface area contributed by atoms with Gasteiger partial charge in [-0.3, -0.25) is 0 Å². The van der Waals surface area contributed by atoms with Crippen LogP contribution in [0.2, 0.25) is 0 Å². The lowest BCUT2D eigenvalue weighted by Crippen LogP contribution is -2.25. The molecule has 2 aliphatic carbocycles. The molecule has 2 fully saturated rings. The van der Waals surface area contributed by atoms with Crippen LogP contribution in [0, 0.1) is 23.6 Å². The van der Waals surface area contributed by atoms with Gasteiger partial charge in [0.15, 0.2) is 0 Å². The Labute approximate surface area is 256 Å². The SMILES string of the molecule is C=C(C)COCCCc1cc(-c2ccc(C3CCC(C4CCC(CCCCC)CC4)CC3)cc2F)ccc1CCCO. The Bertz CT molecular complexity index is 1090. The summed E-state index contributed by atoms with van der Waals surface area (Å²) in [4.78, 5) is 0. The van der Waals surface area contributed by atoms with Crippen LogP contribution in [0.5, 0.6) is 0 Å². The van der Waals surface area contributed by atoms with Crippen molar-refractivity contribution in [3.05, 3.63) is 71.1 Å². The maximum Gasteiger partial charge on any atom is 0.131 e. The van der Waals surface area contributed by atoms with E-state index in [4.69, 9.17) is 4.74 Å². The number of aryl methyl sites for hydroxylation is 2. The van der Waals surface area contributed by atoms with Crippen molar-refractivity contribution in [3.63, 3.8) is 0 Å². The van der Waals surface area contributed by atoms with E-state index in [0.29, 0.717) is 24.7 Å². The molecule has 0 bridgehead atoms. The molecule has 232 valence electrons. The van der Waals surface area contributed by atoms with Gasteiger partial charge in [0.25, 0.3) is 0 Å². The lowest BCUT2D eigenvalue weighted by molar-refractivity contribution is 0.154. The maximum absolute atomic E-state index is 15.6. The average Bonchev–Trinajstić information content (AvgIpc) is 3.00. The topological polar surface area (TPSA) is 29.5 Å². The van der Waals surface area contributed by atoms with Crippen LogP contribution in [0.25, 0.3) is 11.1 Å². The van der Waals surface area contributed by atoms with Crippen molar-refractivity contribution in [1.29, 1.82) is 0 Å². The number of rotatable bonds is 16. The molecule has 2 nitrogen and oxygen atoms in total. The highest BCUT2D eigenvalue weighted by atomic mass is 19.1. The number of halogens is 1. The Morgan fingerprint density at radius 2 is 1.57 bits per heavy atom. The second-order valence-electron chi connectivity index (χ2n) is 13.6. The van der Waals surface area contributed by atoms with Crippen molar-refractivity contribution < 1.29 is 14.2 Å². The van der Waals surface area contributed by atoms with E-state index in [9.17, 15) is 5.11 Å². The van der Waals surface area contributed by atoms with Crippen molar-refractivity contribution in [2.75, 3.05) is 19.8 Å². The zero-order valence-corrected chi connectivity index (χ0v) is 26.6. The normalized spacial score (nSPS) is 22.8. The zero-order valence-electron chi connectivity index (χ0n) is 26.6. The third kappa shape index (κ3) is 9.78. The smallest absolute Gasteiger partial charge is 0.131 e. The second-order valence-corrected chi connectivity index (χ2v) is 13.6. The number of benzene rings is 2. The summed E-state index contributed by atoms with van der Waals surface area (Å²) in [5.41, 5.74) is 6.32. The lowest BCUT2D eigenvalue weighted by Gasteiger charge is -2.38. The molecular weight excluding hydrogens is 519 g/mol. The predicted octanol–water partition coefficient (Wildman–Crippen LogP) is 10.6. The largest absolute Gasteiger partial charge is 0.396 e. The molecule has 3 heteroatoms. The van der Waals surface area contributed by atoms with Gasteiger partial charge < -0.3 is 9.84 Å². The Balaban J connectivity index is 1.33. The van der Waals surface area contributed by atoms with E-state index >= 15 is 4.39 Å². The molecule has 4 rings (SSSR count). The third-order valence-corrected chi connectivity index (χ3v) is 10.2. The van der Waals surface area contributed by atoms with Crippen LogP contribution in [0.1, 0.15) is 126 Å². The summed E-state index contributed by atoms with van der Waals surface area (Å²) in [6, 6.07) is 12.4. The highest BCUT2D eigenvalue weighted by Crippen LogP contribution is 2.45. The van der Waals surface area contributed by atoms with Crippen molar-refractivity contribution in [2.45, 2.75) is 122 Å². The number of ether oxygens (including phenoxy) is 1. The van der Waals surface area contributed by atoms with E-state index in [-0.39, 0.29) is 12.4 Å². The van der Waals surface area contributed by atoms with Gasteiger partial charge in [-0.05, 0) is 123 Å². The summed E-state index contributed by atoms with van der Waals surface area (Å²) in [5, 5.41) is 9.36. The molecule has 42 heavy (non-hydrogen) atoms. The maximum atomic E-state index is 15.6. The first-order valence-corrected chi connectivity index (χ1v) is 17.2. The fourth-order valence-corrected chi connectivity index (χ4v) is 7.73. The Hall–Kier alpha value is -1.97. The van der Waals surface area contributed by atoms with Crippen molar-refractivity contribution in [2.24, 2.45) is 17.8 Å². The molecule has 1 N–H and O–H groups in total. The van der Waals surface area contributed by atoms with Gasteiger partial charge in [-0.1, -0.05) is 87.9 Å². The van der Waals surface area contributed by atoms with E-state index in [1.165, 1.54) is 93.7 Å². The fraction of sp³-hybridized carbons (Fsp3) is 0.641. The van der Waals surface area contributed by atoms with Gasteiger partial charge >= 0.3 is 0 Å². The number of hydrogen-bond acceptors (Lipinski definition) is 2. The van der Waals surface area contributed by atoms with Gasteiger partial charge in [0.1, 0.15) is 5.82 Å². The Kier molecular flexibility index (Phi) is 13.6. The van der Waals surface area contributed by atoms with Crippen molar-refractivity contribution >= 4 is 0 Å². The number of aliphatic hydroxyl groups is 1. The molecule has 0 atom stereocenters. The van der Waals surface area contributed by atoms with E-state index in [2.05, 4.69) is 37.8 Å². The second kappa shape index (κ2) is 17.4. The van der Waals surface area contributed by atoms with Crippen LogP contribution in [0.4, 0.5) is 4.39 Å². The lowest BCUT2D eigenvalue weighted by atomic mass is 9.68. The minimum absolute atomic E-state index is 0.102. The summed E-state index contributed by atoms with van der Waals surface area (Å²) in [5.74, 6) is 3.19. The highest BCUT2D eigenvalue weighted by Gasteiger charge is 2.31. The number of aliphatic hydroxyl groups excluding tert-OH is 1. The Morgan fingerprint density at radius 1 is 0.857 bits per heavy atom. The van der Waals surface area contributed by atoms with Gasteiger partial charge in [-0.2, -0.15) is 0 Å². The van der Waals surface area contributed by atoms with Crippen LogP contribution in [0.3, 0.4) is 0 Å². The minimum Gasteiger partial charge on any atom is -0.396 e. The summed E-state index contributed by atoms with van der Waals surface area (Å²) >= 11 is 0. The van der Waals surface area contributed by atoms with Crippen LogP contribution >= 0.6 is 0 Å². The molecule has 0 amide bonds. The van der Waals surface area contributed by atoms with Crippen molar-refractivity contribution in [1.82, 2.24) is 0 Å². The van der Waals surface area contributed by atoms with Crippen LogP contribution in [-0.2, 0) is 17.6 Å². The summed E-state index contributed by atoms with van der Waals surface area (Å²) < 4.78 is 21.3. The molecule has 2 aromatic rings. The predicted molar refractivity (Wildman–Crippen MR) is 175 cm³/mol. The zero-order chi connectivity index (χ0) is 29.7. The average molecular weight is 577 g/mol. The standard InChI is InChI=1S/C39H57FO2/c1-4-5-6-9-30-12-14-32(15-13-30)33-16-18-34(19-17-33)36-22-23-38(39(40)27-36)37-21-20-31(10-7-24-41)35(26-37)11-8-25-42-28-29(2)3/h20-23,26-27,30,32-34,41H,2,4-19,24-25,28H2,1,3H3. The van der Waals surface area contributed by atoms with Gasteiger partial charge in [0.05, 0.1) is 6.61 Å². The van der Waals surface area contributed by atoms with Gasteiger partial charge in [-0.15, -0.1) is 0 Å². The minimum atomic E-state index is -0.102. The molecule has 2 aliphatic rings. The summed E-state index contributed by atoms with van der Waals surface area (Å²) in [6.07, 6.45) is 19.8. The molecule has 0 heterocycles. The summed E-state index contributed by atoms with van der Waals surface area (Å²) in [7, 11) is 0. The highest BCUT2D eigenvalue weighted by molar-refractivity contribution is 5.66. The molecule has 0 saturated heterocycles. The molecule has 0 spiro atoms. The molecule has 0 aromatic heterocycles. The molecule has 0 aliphatic heterocycles. The summed E-state index contributed by atoms with van der Waals surface area (Å²) in [6.45, 7) is 9.63. The van der Waals surface area contributed by atoms with E-state index < -0.39 is 0 Å². The molecule has 0 radical (unpaired) electrons. The number of unbranched alkanes of at least 4 members (excludes halogenated alkanes) is 2. The molecule has 2 saturated carbocycles. The van der Waals surface area contributed by atoms with E-state index in [1.54, 1.807) is 0 Å². The Morgan fingerprint density at radius 3 is 2.24 bits per heavy atom.